The summed E-state index contributed by atoms with van der Waals surface area (Å²) in [6.07, 6.45) is 0. The third-order valence-corrected chi connectivity index (χ3v) is 4.47. The van der Waals surface area contributed by atoms with E-state index in [0.717, 1.165) is 10.6 Å². The number of carbonyl (C=O) groups excluding carboxylic acids is 1. The first-order chi connectivity index (χ1) is 11.1. The molecule has 4 nitrogen and oxygen atoms in total. The predicted octanol–water partition coefficient (Wildman–Crippen LogP) is 4.23. The summed E-state index contributed by atoms with van der Waals surface area (Å²) < 4.78 is 10.4. The minimum absolute atomic E-state index is 0.0747. The molecule has 0 saturated heterocycles. The van der Waals surface area contributed by atoms with Crippen LogP contribution in [0.5, 0.6) is 11.5 Å². The van der Waals surface area contributed by atoms with Crippen LogP contribution in [0.25, 0.3) is 0 Å². The Morgan fingerprint density at radius 1 is 1.13 bits per heavy atom. The van der Waals surface area contributed by atoms with Crippen molar-refractivity contribution in [2.24, 2.45) is 0 Å². The number of hydrogen-bond donors (Lipinski definition) is 1. The van der Waals surface area contributed by atoms with Crippen LogP contribution in [0.2, 0.25) is 5.02 Å². The van der Waals surface area contributed by atoms with Gasteiger partial charge in [0.05, 0.1) is 20.0 Å². The van der Waals surface area contributed by atoms with E-state index in [1.165, 1.54) is 11.8 Å². The highest BCUT2D eigenvalue weighted by atomic mass is 35.5. The topological polar surface area (TPSA) is 47.6 Å². The summed E-state index contributed by atoms with van der Waals surface area (Å²) >= 11 is 7.60. The van der Waals surface area contributed by atoms with Gasteiger partial charge in [-0.3, -0.25) is 4.79 Å². The second-order valence-electron chi connectivity index (χ2n) is 4.70. The maximum Gasteiger partial charge on any atom is 0.234 e. The number of thioether (sulfide) groups is 1. The van der Waals surface area contributed by atoms with Gasteiger partial charge in [-0.05, 0) is 23.8 Å². The van der Waals surface area contributed by atoms with E-state index in [2.05, 4.69) is 5.32 Å². The highest BCUT2D eigenvalue weighted by Crippen LogP contribution is 2.29. The molecule has 0 aromatic heterocycles. The second-order valence-corrected chi connectivity index (χ2v) is 6.09. The van der Waals surface area contributed by atoms with Gasteiger partial charge in [0.25, 0.3) is 0 Å². The molecular formula is C17H18ClNO3S. The van der Waals surface area contributed by atoms with E-state index in [1.54, 1.807) is 32.4 Å². The Balaban J connectivity index is 1.86. The van der Waals surface area contributed by atoms with E-state index in [9.17, 15) is 4.79 Å². The summed E-state index contributed by atoms with van der Waals surface area (Å²) in [5.41, 5.74) is 1.70. The Morgan fingerprint density at radius 3 is 2.57 bits per heavy atom. The molecule has 0 atom stereocenters. The molecule has 0 heterocycles. The molecule has 2 rings (SSSR count). The van der Waals surface area contributed by atoms with Crippen molar-refractivity contribution in [3.05, 3.63) is 53.1 Å². The quantitative estimate of drug-likeness (QED) is 0.811. The van der Waals surface area contributed by atoms with Gasteiger partial charge in [-0.1, -0.05) is 29.8 Å². The van der Waals surface area contributed by atoms with Crippen LogP contribution >= 0.6 is 23.4 Å². The van der Waals surface area contributed by atoms with Crippen LogP contribution in [0.15, 0.2) is 42.5 Å². The number of benzene rings is 2. The minimum Gasteiger partial charge on any atom is -0.493 e. The second kappa shape index (κ2) is 8.70. The highest BCUT2D eigenvalue weighted by molar-refractivity contribution is 7.99. The fourth-order valence-electron chi connectivity index (χ4n) is 1.98. The molecule has 0 saturated carbocycles. The lowest BCUT2D eigenvalue weighted by atomic mass is 10.2. The fourth-order valence-corrected chi connectivity index (χ4v) is 3.09. The van der Waals surface area contributed by atoms with E-state index in [-0.39, 0.29) is 5.91 Å². The number of carbonyl (C=O) groups is 1. The summed E-state index contributed by atoms with van der Waals surface area (Å²) in [7, 11) is 3.13. The molecule has 0 bridgehead atoms. The van der Waals surface area contributed by atoms with Gasteiger partial charge < -0.3 is 14.8 Å². The van der Waals surface area contributed by atoms with Crippen LogP contribution in [0.1, 0.15) is 5.56 Å². The van der Waals surface area contributed by atoms with E-state index < -0.39 is 0 Å². The molecular weight excluding hydrogens is 334 g/mol. The molecule has 2 aromatic carbocycles. The van der Waals surface area contributed by atoms with Gasteiger partial charge in [0.15, 0.2) is 11.5 Å². The number of nitrogens with one attached hydrogen (secondary N) is 1. The van der Waals surface area contributed by atoms with Crippen molar-refractivity contribution in [1.29, 1.82) is 0 Å². The summed E-state index contributed by atoms with van der Waals surface area (Å²) in [6.45, 7) is 0. The zero-order valence-electron chi connectivity index (χ0n) is 13.0. The zero-order valence-corrected chi connectivity index (χ0v) is 14.5. The maximum absolute atomic E-state index is 12.0. The van der Waals surface area contributed by atoms with E-state index >= 15 is 0 Å². The van der Waals surface area contributed by atoms with E-state index in [0.29, 0.717) is 28.7 Å². The number of rotatable bonds is 7. The molecule has 0 spiro atoms. The van der Waals surface area contributed by atoms with Crippen LogP contribution in [-0.4, -0.2) is 25.9 Å². The highest BCUT2D eigenvalue weighted by Gasteiger charge is 2.08. The SMILES string of the molecule is COc1ccc(NC(=O)CSCc2ccccc2Cl)cc1OC. The molecule has 0 radical (unpaired) electrons. The number of hydrogen-bond acceptors (Lipinski definition) is 4. The number of methoxy groups -OCH3 is 2. The average molecular weight is 352 g/mol. The first-order valence-electron chi connectivity index (χ1n) is 6.97. The molecule has 23 heavy (non-hydrogen) atoms. The van der Waals surface area contributed by atoms with Crippen LogP contribution < -0.4 is 14.8 Å². The Kier molecular flexibility index (Phi) is 6.62. The lowest BCUT2D eigenvalue weighted by Crippen LogP contribution is -2.14. The molecule has 1 amide bonds. The molecule has 0 fully saturated rings. The van der Waals surface area contributed by atoms with Gasteiger partial charge in [-0.25, -0.2) is 0 Å². The monoisotopic (exact) mass is 351 g/mol. The van der Waals surface area contributed by atoms with Crippen molar-refractivity contribution in [3.8, 4) is 11.5 Å². The van der Waals surface area contributed by atoms with Crippen molar-refractivity contribution >= 4 is 35.0 Å². The smallest absolute Gasteiger partial charge is 0.234 e. The van der Waals surface area contributed by atoms with Gasteiger partial charge in [0.1, 0.15) is 0 Å². The first-order valence-corrected chi connectivity index (χ1v) is 8.50. The lowest BCUT2D eigenvalue weighted by Gasteiger charge is -2.10. The molecule has 6 heteroatoms. The van der Waals surface area contributed by atoms with Gasteiger partial charge >= 0.3 is 0 Å². The van der Waals surface area contributed by atoms with Gasteiger partial charge in [-0.15, -0.1) is 11.8 Å². The van der Waals surface area contributed by atoms with E-state index in [4.69, 9.17) is 21.1 Å². The zero-order chi connectivity index (χ0) is 16.7. The Morgan fingerprint density at radius 2 is 1.87 bits per heavy atom. The summed E-state index contributed by atoms with van der Waals surface area (Å²) in [4.78, 5) is 12.0. The standard InChI is InChI=1S/C17H18ClNO3S/c1-21-15-8-7-13(9-16(15)22-2)19-17(20)11-23-10-12-5-3-4-6-14(12)18/h3-9H,10-11H2,1-2H3,(H,19,20). The number of amides is 1. The number of anilines is 1. The van der Waals surface area contributed by atoms with Crippen LogP contribution in [0.4, 0.5) is 5.69 Å². The Labute approximate surface area is 145 Å². The number of halogens is 1. The summed E-state index contributed by atoms with van der Waals surface area (Å²) in [5, 5.41) is 3.56. The Bertz CT molecular complexity index is 679. The van der Waals surface area contributed by atoms with Gasteiger partial charge in [0.2, 0.25) is 5.91 Å². The predicted molar refractivity (Wildman–Crippen MR) is 95.8 cm³/mol. The third-order valence-electron chi connectivity index (χ3n) is 3.12. The molecule has 122 valence electrons. The van der Waals surface area contributed by atoms with Gasteiger partial charge in [0, 0.05) is 22.5 Å². The Hall–Kier alpha value is -1.85. The summed E-state index contributed by atoms with van der Waals surface area (Å²) in [6, 6.07) is 12.9. The van der Waals surface area contributed by atoms with Crippen molar-refractivity contribution in [3.63, 3.8) is 0 Å². The number of ether oxygens (including phenoxy) is 2. The van der Waals surface area contributed by atoms with Crippen molar-refractivity contribution in [2.75, 3.05) is 25.3 Å². The van der Waals surface area contributed by atoms with Gasteiger partial charge in [-0.2, -0.15) is 0 Å². The molecule has 0 aliphatic carbocycles. The minimum atomic E-state index is -0.0747. The third kappa shape index (κ3) is 5.08. The van der Waals surface area contributed by atoms with Crippen LogP contribution in [0.3, 0.4) is 0 Å². The van der Waals surface area contributed by atoms with Crippen molar-refractivity contribution < 1.29 is 14.3 Å². The normalized spacial score (nSPS) is 10.2. The first kappa shape index (κ1) is 17.5. The largest absolute Gasteiger partial charge is 0.493 e. The van der Waals surface area contributed by atoms with Crippen molar-refractivity contribution in [2.45, 2.75) is 5.75 Å². The average Bonchev–Trinajstić information content (AvgIpc) is 2.56. The van der Waals surface area contributed by atoms with Crippen LogP contribution in [-0.2, 0) is 10.5 Å². The fraction of sp³-hybridized carbons (Fsp3) is 0.235. The molecule has 0 aliphatic heterocycles. The molecule has 2 aromatic rings. The maximum atomic E-state index is 12.0. The molecule has 1 N–H and O–H groups in total. The van der Waals surface area contributed by atoms with Crippen LogP contribution in [0, 0.1) is 0 Å². The molecule has 0 aliphatic rings. The molecule has 0 unspecified atom stereocenters. The lowest BCUT2D eigenvalue weighted by molar-refractivity contribution is -0.113. The summed E-state index contributed by atoms with van der Waals surface area (Å²) in [5.74, 6) is 2.17. The van der Waals surface area contributed by atoms with E-state index in [1.807, 2.05) is 24.3 Å². The van der Waals surface area contributed by atoms with Crippen molar-refractivity contribution in [1.82, 2.24) is 0 Å².